The van der Waals surface area contributed by atoms with Crippen molar-refractivity contribution >= 4 is 21.9 Å². The van der Waals surface area contributed by atoms with E-state index in [1.807, 2.05) is 0 Å². The first-order chi connectivity index (χ1) is 10.4. The predicted molar refractivity (Wildman–Crippen MR) is 79.0 cm³/mol. The number of rotatable bonds is 4. The molecule has 120 valence electrons. The van der Waals surface area contributed by atoms with Crippen LogP contribution in [0, 0.1) is 5.92 Å². The van der Waals surface area contributed by atoms with Gasteiger partial charge in [-0.1, -0.05) is 0 Å². The van der Waals surface area contributed by atoms with Crippen LogP contribution in [0.2, 0.25) is 0 Å². The highest BCUT2D eigenvalue weighted by atomic mass is 32.2. The van der Waals surface area contributed by atoms with Crippen molar-refractivity contribution in [1.82, 2.24) is 9.62 Å². The Hall–Kier alpha value is -1.93. The van der Waals surface area contributed by atoms with Crippen LogP contribution in [0.15, 0.2) is 29.2 Å². The average Bonchev–Trinajstić information content (AvgIpc) is 2.54. The molecule has 0 saturated carbocycles. The van der Waals surface area contributed by atoms with Gasteiger partial charge in [-0.3, -0.25) is 9.59 Å². The summed E-state index contributed by atoms with van der Waals surface area (Å²) in [5.74, 6) is -1.95. The van der Waals surface area contributed by atoms with Crippen molar-refractivity contribution in [2.45, 2.75) is 17.7 Å². The molecule has 0 radical (unpaired) electrons. The summed E-state index contributed by atoms with van der Waals surface area (Å²) in [7, 11) is -2.25. The first kappa shape index (κ1) is 16.4. The molecule has 1 saturated heterocycles. The second-order valence-electron chi connectivity index (χ2n) is 5.14. The number of carbonyl (C=O) groups is 2. The number of nitrogens with one attached hydrogen (secondary N) is 1. The lowest BCUT2D eigenvalue weighted by Crippen LogP contribution is -2.42. The van der Waals surface area contributed by atoms with Crippen LogP contribution in [0.1, 0.15) is 23.2 Å². The number of carboxylic acids is 1. The van der Waals surface area contributed by atoms with Gasteiger partial charge in [0.2, 0.25) is 10.0 Å². The number of nitrogens with zero attached hydrogens (tertiary/aromatic N) is 1. The van der Waals surface area contributed by atoms with Crippen molar-refractivity contribution in [2.75, 3.05) is 20.1 Å². The molecule has 2 rings (SSSR count). The fourth-order valence-corrected chi connectivity index (χ4v) is 3.96. The number of aliphatic carboxylic acids is 1. The normalized spacial score (nSPS) is 19.6. The van der Waals surface area contributed by atoms with Gasteiger partial charge in [0.15, 0.2) is 0 Å². The van der Waals surface area contributed by atoms with E-state index >= 15 is 0 Å². The molecule has 22 heavy (non-hydrogen) atoms. The monoisotopic (exact) mass is 326 g/mol. The molecule has 0 unspecified atom stereocenters. The van der Waals surface area contributed by atoms with Gasteiger partial charge in [-0.15, -0.1) is 0 Å². The maximum Gasteiger partial charge on any atom is 0.307 e. The Balaban J connectivity index is 2.22. The van der Waals surface area contributed by atoms with Crippen LogP contribution in [0.4, 0.5) is 0 Å². The van der Waals surface area contributed by atoms with Crippen LogP contribution < -0.4 is 5.32 Å². The van der Waals surface area contributed by atoms with E-state index in [0.29, 0.717) is 24.9 Å². The molecule has 1 aliphatic heterocycles. The Kier molecular flexibility index (Phi) is 4.82. The van der Waals surface area contributed by atoms with Gasteiger partial charge in [-0.05, 0) is 37.1 Å². The molecule has 0 aromatic heterocycles. The molecule has 2 N–H and O–H groups in total. The summed E-state index contributed by atoms with van der Waals surface area (Å²) in [5, 5.41) is 11.5. The Morgan fingerprint density at radius 2 is 1.91 bits per heavy atom. The lowest BCUT2D eigenvalue weighted by Gasteiger charge is -2.29. The Bertz CT molecular complexity index is 669. The number of carbonyl (C=O) groups excluding carboxylic acids is 1. The fraction of sp³-hybridized carbons (Fsp3) is 0.429. The Morgan fingerprint density at radius 3 is 2.45 bits per heavy atom. The van der Waals surface area contributed by atoms with E-state index < -0.39 is 21.9 Å². The number of benzene rings is 1. The van der Waals surface area contributed by atoms with Crippen LogP contribution in [-0.2, 0) is 14.8 Å². The lowest BCUT2D eigenvalue weighted by molar-refractivity contribution is -0.142. The molecule has 1 heterocycles. The molecule has 0 aliphatic carbocycles. The van der Waals surface area contributed by atoms with Crippen molar-refractivity contribution in [3.05, 3.63) is 29.8 Å². The van der Waals surface area contributed by atoms with Gasteiger partial charge < -0.3 is 10.4 Å². The van der Waals surface area contributed by atoms with E-state index in [4.69, 9.17) is 5.11 Å². The van der Waals surface area contributed by atoms with Gasteiger partial charge in [-0.25, -0.2) is 8.42 Å². The standard InChI is InChI=1S/C14H18N2O5S/c1-15-13(17)10-4-6-12(7-5-10)22(20,21)16-8-2-3-11(9-16)14(18)19/h4-7,11H,2-3,8-9H2,1H3,(H,15,17)(H,18,19)/t11-/m0/s1. The topological polar surface area (TPSA) is 104 Å². The number of hydrogen-bond acceptors (Lipinski definition) is 4. The van der Waals surface area contributed by atoms with Crippen LogP contribution in [0.5, 0.6) is 0 Å². The summed E-state index contributed by atoms with van der Waals surface area (Å²) >= 11 is 0. The molecule has 0 spiro atoms. The molecular formula is C14H18N2O5S. The zero-order valence-electron chi connectivity index (χ0n) is 12.2. The Labute approximate surface area is 129 Å². The molecule has 1 fully saturated rings. The molecule has 1 atom stereocenters. The van der Waals surface area contributed by atoms with Gasteiger partial charge in [-0.2, -0.15) is 4.31 Å². The van der Waals surface area contributed by atoms with Crippen molar-refractivity contribution < 1.29 is 23.1 Å². The van der Waals surface area contributed by atoms with Crippen LogP contribution >= 0.6 is 0 Å². The second kappa shape index (κ2) is 6.45. The van der Waals surface area contributed by atoms with Crippen molar-refractivity contribution in [3.63, 3.8) is 0 Å². The molecule has 0 bridgehead atoms. The summed E-state index contributed by atoms with van der Waals surface area (Å²) in [6.07, 6.45) is 1.00. The SMILES string of the molecule is CNC(=O)c1ccc(S(=O)(=O)N2CCC[C@H](C(=O)O)C2)cc1. The third kappa shape index (κ3) is 3.28. The minimum Gasteiger partial charge on any atom is -0.481 e. The van der Waals surface area contributed by atoms with Gasteiger partial charge >= 0.3 is 5.97 Å². The van der Waals surface area contributed by atoms with Gasteiger partial charge in [0.25, 0.3) is 5.91 Å². The minimum absolute atomic E-state index is 0.0190. The van der Waals surface area contributed by atoms with Crippen molar-refractivity contribution in [3.8, 4) is 0 Å². The number of sulfonamides is 1. The predicted octanol–water partition coefficient (Wildman–Crippen LogP) is 0.532. The fourth-order valence-electron chi connectivity index (χ4n) is 2.43. The van der Waals surface area contributed by atoms with E-state index in [1.165, 1.54) is 35.6 Å². The highest BCUT2D eigenvalue weighted by Crippen LogP contribution is 2.24. The zero-order valence-corrected chi connectivity index (χ0v) is 13.0. The van der Waals surface area contributed by atoms with Crippen LogP contribution in [-0.4, -0.2) is 49.8 Å². The highest BCUT2D eigenvalue weighted by molar-refractivity contribution is 7.89. The summed E-state index contributed by atoms with van der Waals surface area (Å²) in [6, 6.07) is 5.60. The van der Waals surface area contributed by atoms with Crippen LogP contribution in [0.3, 0.4) is 0 Å². The molecule has 1 aliphatic rings. The Morgan fingerprint density at radius 1 is 1.27 bits per heavy atom. The molecule has 1 amide bonds. The molecule has 1 aromatic carbocycles. The number of piperidine rings is 1. The third-order valence-electron chi connectivity index (χ3n) is 3.71. The maximum absolute atomic E-state index is 12.5. The zero-order chi connectivity index (χ0) is 16.3. The summed E-state index contributed by atoms with van der Waals surface area (Å²) in [6.45, 7) is 0.290. The minimum atomic E-state index is -3.74. The second-order valence-corrected chi connectivity index (χ2v) is 7.08. The number of amides is 1. The lowest BCUT2D eigenvalue weighted by atomic mass is 10.0. The van der Waals surface area contributed by atoms with E-state index in [1.54, 1.807) is 0 Å². The molecular weight excluding hydrogens is 308 g/mol. The van der Waals surface area contributed by atoms with E-state index in [0.717, 1.165) is 0 Å². The van der Waals surface area contributed by atoms with E-state index in [9.17, 15) is 18.0 Å². The first-order valence-corrected chi connectivity index (χ1v) is 8.35. The smallest absolute Gasteiger partial charge is 0.307 e. The van der Waals surface area contributed by atoms with E-state index in [-0.39, 0.29) is 17.3 Å². The summed E-state index contributed by atoms with van der Waals surface area (Å²) in [4.78, 5) is 22.6. The maximum atomic E-state index is 12.5. The first-order valence-electron chi connectivity index (χ1n) is 6.91. The van der Waals surface area contributed by atoms with Gasteiger partial charge in [0.05, 0.1) is 10.8 Å². The van der Waals surface area contributed by atoms with Crippen molar-refractivity contribution in [2.24, 2.45) is 5.92 Å². The van der Waals surface area contributed by atoms with Gasteiger partial charge in [0, 0.05) is 25.7 Å². The van der Waals surface area contributed by atoms with Crippen LogP contribution in [0.25, 0.3) is 0 Å². The quantitative estimate of drug-likeness (QED) is 0.840. The van der Waals surface area contributed by atoms with E-state index in [2.05, 4.69) is 5.32 Å². The van der Waals surface area contributed by atoms with Crippen molar-refractivity contribution in [1.29, 1.82) is 0 Å². The third-order valence-corrected chi connectivity index (χ3v) is 5.59. The highest BCUT2D eigenvalue weighted by Gasteiger charge is 2.33. The largest absolute Gasteiger partial charge is 0.481 e. The molecule has 8 heteroatoms. The molecule has 1 aromatic rings. The van der Waals surface area contributed by atoms with Gasteiger partial charge in [0.1, 0.15) is 0 Å². The molecule has 7 nitrogen and oxygen atoms in total. The number of hydrogen-bond donors (Lipinski definition) is 2. The summed E-state index contributed by atoms with van der Waals surface area (Å²) < 4.78 is 26.3. The average molecular weight is 326 g/mol. The number of carboxylic acid groups (broad SMARTS) is 1. The summed E-state index contributed by atoms with van der Waals surface area (Å²) in [5.41, 5.74) is 0.364.